The minimum absolute atomic E-state index is 0.355. The summed E-state index contributed by atoms with van der Waals surface area (Å²) >= 11 is 0. The molecule has 0 spiro atoms. The topological polar surface area (TPSA) is 32.3 Å². The van der Waals surface area contributed by atoms with Crippen molar-refractivity contribution < 1.29 is 5.11 Å². The second-order valence-electron chi connectivity index (χ2n) is 7.56. The van der Waals surface area contributed by atoms with Crippen LogP contribution in [0, 0.1) is 12.8 Å². The number of benzene rings is 1. The van der Waals surface area contributed by atoms with E-state index in [1.807, 2.05) is 6.92 Å². The first-order valence-electron chi connectivity index (χ1n) is 8.67. The molecule has 2 bridgehead atoms. The number of piperidine rings is 1. The molecule has 2 fully saturated rings. The number of aliphatic hydroxyl groups excluding tert-OH is 1. The zero-order valence-electron chi connectivity index (χ0n) is 13.3. The Hall–Kier alpha value is -0.860. The van der Waals surface area contributed by atoms with Gasteiger partial charge >= 0.3 is 0 Å². The average Bonchev–Trinajstić information content (AvgIpc) is 2.48. The third kappa shape index (κ3) is 1.92. The molecule has 4 atom stereocenters. The largest absolute Gasteiger partial charge is 0.389 e. The van der Waals surface area contributed by atoms with Gasteiger partial charge in [-0.05, 0) is 74.2 Å². The van der Waals surface area contributed by atoms with Crippen molar-refractivity contribution in [1.29, 1.82) is 0 Å². The van der Waals surface area contributed by atoms with E-state index in [2.05, 4.69) is 24.4 Å². The summed E-state index contributed by atoms with van der Waals surface area (Å²) in [5.74, 6) is 0.816. The Balaban J connectivity index is 1.92. The highest BCUT2D eigenvalue weighted by Crippen LogP contribution is 2.54. The SMILES string of the molecule is Cc1cc(C(C)O)cc2c1C[C@H]1NCC[C@@]23CCCC[C@@H]13. The Labute approximate surface area is 128 Å². The van der Waals surface area contributed by atoms with Crippen molar-refractivity contribution in [3.05, 3.63) is 34.4 Å². The fraction of sp³-hybridized carbons (Fsp3) is 0.684. The lowest BCUT2D eigenvalue weighted by Crippen LogP contribution is -2.59. The van der Waals surface area contributed by atoms with Crippen LogP contribution in [0.2, 0.25) is 0 Å². The van der Waals surface area contributed by atoms with Crippen molar-refractivity contribution in [1.82, 2.24) is 5.32 Å². The van der Waals surface area contributed by atoms with E-state index in [0.29, 0.717) is 11.5 Å². The van der Waals surface area contributed by atoms with Gasteiger partial charge in [0.05, 0.1) is 6.10 Å². The maximum atomic E-state index is 10.1. The first-order chi connectivity index (χ1) is 10.1. The second kappa shape index (κ2) is 4.82. The van der Waals surface area contributed by atoms with Gasteiger partial charge in [-0.15, -0.1) is 0 Å². The Bertz CT molecular complexity index is 561. The first-order valence-corrected chi connectivity index (χ1v) is 8.67. The van der Waals surface area contributed by atoms with E-state index in [4.69, 9.17) is 0 Å². The number of aryl methyl sites for hydroxylation is 1. The van der Waals surface area contributed by atoms with Gasteiger partial charge in [0.1, 0.15) is 0 Å². The number of aliphatic hydroxyl groups is 1. The summed E-state index contributed by atoms with van der Waals surface area (Å²) in [6.07, 6.45) is 7.63. The van der Waals surface area contributed by atoms with E-state index in [-0.39, 0.29) is 6.10 Å². The van der Waals surface area contributed by atoms with Crippen LogP contribution in [-0.4, -0.2) is 17.7 Å². The molecule has 3 aliphatic rings. The van der Waals surface area contributed by atoms with Crippen molar-refractivity contribution >= 4 is 0 Å². The third-order valence-electron chi connectivity index (χ3n) is 6.50. The normalized spacial score (nSPS) is 35.8. The van der Waals surface area contributed by atoms with Crippen molar-refractivity contribution in [2.45, 2.75) is 69.9 Å². The monoisotopic (exact) mass is 285 g/mol. The molecule has 2 N–H and O–H groups in total. The van der Waals surface area contributed by atoms with Gasteiger partial charge in [0, 0.05) is 11.5 Å². The molecule has 1 saturated carbocycles. The molecule has 2 nitrogen and oxygen atoms in total. The fourth-order valence-corrected chi connectivity index (χ4v) is 5.49. The van der Waals surface area contributed by atoms with Crippen molar-refractivity contribution in [2.24, 2.45) is 5.92 Å². The van der Waals surface area contributed by atoms with E-state index < -0.39 is 0 Å². The van der Waals surface area contributed by atoms with Gasteiger partial charge < -0.3 is 10.4 Å². The first kappa shape index (κ1) is 13.8. The van der Waals surface area contributed by atoms with Crippen LogP contribution in [0.25, 0.3) is 0 Å². The van der Waals surface area contributed by atoms with Gasteiger partial charge in [-0.3, -0.25) is 0 Å². The predicted molar refractivity (Wildman–Crippen MR) is 85.6 cm³/mol. The van der Waals surface area contributed by atoms with Crippen LogP contribution in [-0.2, 0) is 11.8 Å². The second-order valence-corrected chi connectivity index (χ2v) is 7.56. The number of hydrogen-bond acceptors (Lipinski definition) is 2. The molecule has 0 radical (unpaired) electrons. The van der Waals surface area contributed by atoms with E-state index in [1.54, 1.807) is 11.1 Å². The number of hydrogen-bond donors (Lipinski definition) is 2. The van der Waals surface area contributed by atoms with E-state index in [0.717, 1.165) is 11.5 Å². The van der Waals surface area contributed by atoms with Crippen LogP contribution in [0.5, 0.6) is 0 Å². The molecule has 2 aliphatic carbocycles. The molecule has 1 aromatic rings. The summed E-state index contributed by atoms with van der Waals surface area (Å²) in [6, 6.07) is 5.24. The van der Waals surface area contributed by atoms with Gasteiger partial charge in [0.2, 0.25) is 0 Å². The fourth-order valence-electron chi connectivity index (χ4n) is 5.49. The standard InChI is InChI=1S/C19H27NO/c1-12-9-14(13(2)21)10-17-15(12)11-18-16-5-3-4-6-19(16,17)7-8-20-18/h9-10,13,16,18,20-21H,3-8,11H2,1-2H3/t13?,16-,18+,19+/m0/s1. The Morgan fingerprint density at radius 2 is 2.14 bits per heavy atom. The smallest absolute Gasteiger partial charge is 0.0762 e. The summed E-state index contributed by atoms with van der Waals surface area (Å²) in [4.78, 5) is 0. The van der Waals surface area contributed by atoms with E-state index in [1.165, 1.54) is 50.6 Å². The van der Waals surface area contributed by atoms with Crippen LogP contribution in [0.4, 0.5) is 0 Å². The molecule has 21 heavy (non-hydrogen) atoms. The lowest BCUT2D eigenvalue weighted by atomic mass is 9.52. The lowest BCUT2D eigenvalue weighted by Gasteiger charge is -2.56. The van der Waals surface area contributed by atoms with Gasteiger partial charge in [-0.1, -0.05) is 25.0 Å². The van der Waals surface area contributed by atoms with Gasteiger partial charge in [-0.25, -0.2) is 0 Å². The minimum Gasteiger partial charge on any atom is -0.389 e. The number of nitrogens with one attached hydrogen (secondary N) is 1. The number of rotatable bonds is 1. The van der Waals surface area contributed by atoms with Gasteiger partial charge in [0.25, 0.3) is 0 Å². The van der Waals surface area contributed by atoms with Crippen LogP contribution >= 0.6 is 0 Å². The Morgan fingerprint density at radius 1 is 1.29 bits per heavy atom. The zero-order chi connectivity index (χ0) is 14.6. The van der Waals surface area contributed by atoms with Crippen molar-refractivity contribution in [2.75, 3.05) is 6.54 Å². The Morgan fingerprint density at radius 3 is 2.95 bits per heavy atom. The summed E-state index contributed by atoms with van der Waals surface area (Å²) < 4.78 is 0. The molecular weight excluding hydrogens is 258 g/mol. The zero-order valence-corrected chi connectivity index (χ0v) is 13.3. The molecule has 0 amide bonds. The highest BCUT2D eigenvalue weighted by atomic mass is 16.3. The molecule has 1 heterocycles. The van der Waals surface area contributed by atoms with Crippen LogP contribution < -0.4 is 5.32 Å². The highest BCUT2D eigenvalue weighted by molar-refractivity contribution is 5.48. The quantitative estimate of drug-likeness (QED) is 0.829. The predicted octanol–water partition coefficient (Wildman–Crippen LogP) is 3.39. The molecule has 1 saturated heterocycles. The lowest BCUT2D eigenvalue weighted by molar-refractivity contribution is 0.0792. The molecule has 0 aromatic heterocycles. The van der Waals surface area contributed by atoms with Crippen LogP contribution in [0.15, 0.2) is 12.1 Å². The molecule has 1 aliphatic heterocycles. The van der Waals surface area contributed by atoms with Crippen molar-refractivity contribution in [3.63, 3.8) is 0 Å². The summed E-state index contributed by atoms with van der Waals surface area (Å²) in [5.41, 5.74) is 6.08. The maximum absolute atomic E-state index is 10.1. The van der Waals surface area contributed by atoms with Crippen LogP contribution in [0.3, 0.4) is 0 Å². The molecule has 2 heteroatoms. The summed E-state index contributed by atoms with van der Waals surface area (Å²) in [6.45, 7) is 5.30. The van der Waals surface area contributed by atoms with Crippen molar-refractivity contribution in [3.8, 4) is 0 Å². The van der Waals surface area contributed by atoms with E-state index >= 15 is 0 Å². The maximum Gasteiger partial charge on any atom is 0.0762 e. The summed E-state index contributed by atoms with van der Waals surface area (Å²) in [7, 11) is 0. The average molecular weight is 285 g/mol. The molecule has 114 valence electrons. The highest BCUT2D eigenvalue weighted by Gasteiger charge is 2.51. The van der Waals surface area contributed by atoms with Gasteiger partial charge in [0.15, 0.2) is 0 Å². The Kier molecular flexibility index (Phi) is 3.16. The minimum atomic E-state index is -0.355. The molecule has 1 aromatic carbocycles. The van der Waals surface area contributed by atoms with E-state index in [9.17, 15) is 5.11 Å². The molecule has 1 unspecified atom stereocenters. The van der Waals surface area contributed by atoms with Crippen LogP contribution in [0.1, 0.15) is 67.4 Å². The summed E-state index contributed by atoms with van der Waals surface area (Å²) in [5, 5.41) is 13.9. The number of fused-ring (bicyclic) bond motifs is 1. The van der Waals surface area contributed by atoms with Gasteiger partial charge in [-0.2, -0.15) is 0 Å². The third-order valence-corrected chi connectivity index (χ3v) is 6.50. The molecule has 4 rings (SSSR count). The molecular formula is C19H27NO.